The Morgan fingerprint density at radius 3 is 2.33 bits per heavy atom. The first kappa shape index (κ1) is 6.27. The van der Waals surface area contributed by atoms with Crippen molar-refractivity contribution in [2.24, 2.45) is 0 Å². The Morgan fingerprint density at radius 2 is 2.17 bits per heavy atom. The molecule has 0 aliphatic rings. The number of hydrogen-bond donors (Lipinski definition) is 2. The predicted molar refractivity (Wildman–Crippen MR) is 26.8 cm³/mol. The molecular formula is C3H8O2S. The van der Waals surface area contributed by atoms with Crippen molar-refractivity contribution in [3.8, 4) is 0 Å². The molecule has 0 amide bonds. The fraction of sp³-hybridized carbons (Fsp3) is 1.00. The molecule has 2 nitrogen and oxygen atoms in total. The molecule has 0 aromatic rings. The number of rotatable bonds is 3. The predicted octanol–water partition coefficient (Wildman–Crippen LogP) is 0.575. The Kier molecular flexibility index (Phi) is 5.51. The van der Waals surface area contributed by atoms with Crippen LogP contribution in [0.3, 0.4) is 0 Å². The highest BCUT2D eigenvalue weighted by Crippen LogP contribution is 1.91. The highest BCUT2D eigenvalue weighted by molar-refractivity contribution is 7.93. The molecule has 0 rings (SSSR count). The summed E-state index contributed by atoms with van der Waals surface area (Å²) in [5.41, 5.74) is 0. The lowest BCUT2D eigenvalue weighted by molar-refractivity contribution is 0.296. The van der Waals surface area contributed by atoms with E-state index >= 15 is 0 Å². The Bertz CT molecular complexity index is 20.8. The van der Waals surface area contributed by atoms with Crippen LogP contribution in [0.2, 0.25) is 0 Å². The summed E-state index contributed by atoms with van der Waals surface area (Å²) in [6.45, 7) is 0.174. The van der Waals surface area contributed by atoms with Gasteiger partial charge in [-0.05, 0) is 18.5 Å². The SMILES string of the molecule is OCCCSO. The van der Waals surface area contributed by atoms with Crippen LogP contribution in [-0.2, 0) is 0 Å². The first-order chi connectivity index (χ1) is 2.91. The zero-order valence-electron chi connectivity index (χ0n) is 3.42. The Labute approximate surface area is 41.4 Å². The smallest absolute Gasteiger partial charge is 0.0439 e. The summed E-state index contributed by atoms with van der Waals surface area (Å²) in [5, 5.41) is 8.07. The van der Waals surface area contributed by atoms with Crippen LogP contribution in [0.25, 0.3) is 0 Å². The van der Waals surface area contributed by atoms with Gasteiger partial charge in [0.05, 0.1) is 0 Å². The molecular weight excluding hydrogens is 100 g/mol. The largest absolute Gasteiger partial charge is 0.396 e. The van der Waals surface area contributed by atoms with Gasteiger partial charge in [0.25, 0.3) is 0 Å². The second-order valence-corrected chi connectivity index (χ2v) is 1.58. The summed E-state index contributed by atoms with van der Waals surface area (Å²) in [6, 6.07) is 0. The highest BCUT2D eigenvalue weighted by Gasteiger charge is 1.78. The molecule has 0 bridgehead atoms. The van der Waals surface area contributed by atoms with Crippen LogP contribution in [0.5, 0.6) is 0 Å². The minimum atomic E-state index is 0.174. The molecule has 0 saturated carbocycles. The topological polar surface area (TPSA) is 40.5 Å². The molecule has 0 spiro atoms. The average molecular weight is 108 g/mol. The Morgan fingerprint density at radius 1 is 1.50 bits per heavy atom. The Hall–Kier alpha value is 0.270. The van der Waals surface area contributed by atoms with Gasteiger partial charge in [0.2, 0.25) is 0 Å². The van der Waals surface area contributed by atoms with Crippen LogP contribution < -0.4 is 0 Å². The standard InChI is InChI=1S/C3H8O2S/c4-2-1-3-6-5/h4-5H,1-3H2. The van der Waals surface area contributed by atoms with Gasteiger partial charge in [0.1, 0.15) is 0 Å². The van der Waals surface area contributed by atoms with E-state index in [1.165, 1.54) is 0 Å². The summed E-state index contributed by atoms with van der Waals surface area (Å²) >= 11 is 0.766. The van der Waals surface area contributed by atoms with Crippen LogP contribution >= 0.6 is 12.0 Å². The van der Waals surface area contributed by atoms with Crippen LogP contribution in [0.15, 0.2) is 0 Å². The van der Waals surface area contributed by atoms with Gasteiger partial charge in [0, 0.05) is 12.4 Å². The number of hydrogen-bond acceptors (Lipinski definition) is 3. The first-order valence-electron chi connectivity index (χ1n) is 1.79. The van der Waals surface area contributed by atoms with Crippen LogP contribution in [0, 0.1) is 0 Å². The van der Waals surface area contributed by atoms with Crippen molar-refractivity contribution in [1.82, 2.24) is 0 Å². The summed E-state index contributed by atoms with van der Waals surface area (Å²) in [6.07, 6.45) is 0.682. The van der Waals surface area contributed by atoms with E-state index < -0.39 is 0 Å². The third-order valence-electron chi connectivity index (χ3n) is 0.394. The average Bonchev–Trinajstić information content (AvgIpc) is 1.61. The molecule has 3 heteroatoms. The third-order valence-corrected chi connectivity index (χ3v) is 0.865. The zero-order valence-corrected chi connectivity index (χ0v) is 4.24. The van der Waals surface area contributed by atoms with Crippen molar-refractivity contribution >= 4 is 12.0 Å². The van der Waals surface area contributed by atoms with Gasteiger partial charge in [0.15, 0.2) is 0 Å². The maximum Gasteiger partial charge on any atom is 0.0439 e. The van der Waals surface area contributed by atoms with E-state index in [0.717, 1.165) is 12.0 Å². The van der Waals surface area contributed by atoms with E-state index in [2.05, 4.69) is 0 Å². The lowest BCUT2D eigenvalue weighted by Gasteiger charge is -1.84. The van der Waals surface area contributed by atoms with Gasteiger partial charge in [-0.15, -0.1) is 0 Å². The van der Waals surface area contributed by atoms with Crippen molar-refractivity contribution in [2.45, 2.75) is 6.42 Å². The van der Waals surface area contributed by atoms with Crippen molar-refractivity contribution < 1.29 is 9.66 Å². The maximum atomic E-state index is 8.07. The highest BCUT2D eigenvalue weighted by atomic mass is 32.2. The van der Waals surface area contributed by atoms with Gasteiger partial charge >= 0.3 is 0 Å². The minimum Gasteiger partial charge on any atom is -0.396 e. The lowest BCUT2D eigenvalue weighted by Crippen LogP contribution is -1.82. The van der Waals surface area contributed by atoms with Gasteiger partial charge in [-0.1, -0.05) is 0 Å². The molecule has 2 N–H and O–H groups in total. The molecule has 0 heterocycles. The van der Waals surface area contributed by atoms with E-state index in [4.69, 9.17) is 9.66 Å². The molecule has 0 radical (unpaired) electrons. The quantitative estimate of drug-likeness (QED) is 0.410. The van der Waals surface area contributed by atoms with E-state index in [1.54, 1.807) is 0 Å². The van der Waals surface area contributed by atoms with Gasteiger partial charge in [-0.3, -0.25) is 0 Å². The van der Waals surface area contributed by atoms with Gasteiger partial charge < -0.3 is 9.66 Å². The monoisotopic (exact) mass is 108 g/mol. The van der Waals surface area contributed by atoms with Crippen molar-refractivity contribution in [3.63, 3.8) is 0 Å². The molecule has 0 saturated heterocycles. The van der Waals surface area contributed by atoms with Crippen molar-refractivity contribution in [3.05, 3.63) is 0 Å². The fourth-order valence-electron chi connectivity index (χ4n) is 0.129. The molecule has 0 aromatic heterocycles. The molecule has 0 aliphatic carbocycles. The van der Waals surface area contributed by atoms with Crippen LogP contribution in [0.1, 0.15) is 6.42 Å². The minimum absolute atomic E-state index is 0.174. The fourth-order valence-corrected chi connectivity index (χ4v) is 0.387. The van der Waals surface area contributed by atoms with Crippen molar-refractivity contribution in [2.75, 3.05) is 12.4 Å². The van der Waals surface area contributed by atoms with Crippen LogP contribution in [0.4, 0.5) is 0 Å². The van der Waals surface area contributed by atoms with E-state index in [0.29, 0.717) is 12.2 Å². The molecule has 0 aromatic carbocycles. The summed E-state index contributed by atoms with van der Waals surface area (Å²) in [4.78, 5) is 0. The normalized spacial score (nSPS) is 9.00. The first-order valence-corrected chi connectivity index (χ1v) is 2.73. The molecule has 0 atom stereocenters. The maximum absolute atomic E-state index is 8.07. The van der Waals surface area contributed by atoms with E-state index in [1.807, 2.05) is 0 Å². The summed E-state index contributed by atoms with van der Waals surface area (Å²) in [7, 11) is 0. The van der Waals surface area contributed by atoms with E-state index in [-0.39, 0.29) is 6.61 Å². The van der Waals surface area contributed by atoms with Gasteiger partial charge in [-0.2, -0.15) is 0 Å². The van der Waals surface area contributed by atoms with Crippen LogP contribution in [-0.4, -0.2) is 22.0 Å². The van der Waals surface area contributed by atoms with Gasteiger partial charge in [-0.25, -0.2) is 0 Å². The second kappa shape index (κ2) is 5.27. The Balaban J connectivity index is 2.34. The molecule has 38 valence electrons. The zero-order chi connectivity index (χ0) is 4.83. The summed E-state index contributed by atoms with van der Waals surface area (Å²) < 4.78 is 8.00. The number of aliphatic hydroxyl groups excluding tert-OH is 1. The molecule has 0 fully saturated rings. The third kappa shape index (κ3) is 4.27. The molecule has 0 unspecified atom stereocenters. The van der Waals surface area contributed by atoms with E-state index in [9.17, 15) is 0 Å². The summed E-state index contributed by atoms with van der Waals surface area (Å²) in [5.74, 6) is 0.635. The van der Waals surface area contributed by atoms with Crippen molar-refractivity contribution in [1.29, 1.82) is 0 Å². The molecule has 6 heavy (non-hydrogen) atoms. The number of aliphatic hydroxyl groups is 1. The second-order valence-electron chi connectivity index (χ2n) is 0.910. The molecule has 0 aliphatic heterocycles. The lowest BCUT2D eigenvalue weighted by atomic mass is 10.5.